The number of carbonyl (C=O) groups is 1. The minimum absolute atomic E-state index is 0.0560. The van der Waals surface area contributed by atoms with E-state index in [4.69, 9.17) is 0 Å². The number of benzene rings is 1. The molecule has 0 radical (unpaired) electrons. The summed E-state index contributed by atoms with van der Waals surface area (Å²) in [6.45, 7) is 4.35. The van der Waals surface area contributed by atoms with Gasteiger partial charge in [-0.2, -0.15) is 0 Å². The van der Waals surface area contributed by atoms with Crippen molar-refractivity contribution in [3.05, 3.63) is 53.4 Å². The topological polar surface area (TPSA) is 54.0 Å². The number of aromatic nitrogens is 1. The highest BCUT2D eigenvalue weighted by Crippen LogP contribution is 2.19. The van der Waals surface area contributed by atoms with E-state index in [1.54, 1.807) is 6.07 Å². The summed E-state index contributed by atoms with van der Waals surface area (Å²) < 4.78 is 26.2. The second kappa shape index (κ2) is 6.30. The van der Waals surface area contributed by atoms with E-state index in [2.05, 4.69) is 15.6 Å². The van der Waals surface area contributed by atoms with Crippen LogP contribution in [0.15, 0.2) is 30.5 Å². The van der Waals surface area contributed by atoms with Gasteiger partial charge in [0.2, 0.25) is 0 Å². The van der Waals surface area contributed by atoms with Gasteiger partial charge in [0.15, 0.2) is 0 Å². The molecule has 1 amide bonds. The Hall–Kier alpha value is -2.50. The zero-order valence-corrected chi connectivity index (χ0v) is 11.7. The number of carbonyl (C=O) groups excluding carboxylic acids is 1. The van der Waals surface area contributed by atoms with Gasteiger partial charge in [-0.1, -0.05) is 0 Å². The van der Waals surface area contributed by atoms with Crippen LogP contribution in [0, 0.1) is 18.6 Å². The maximum Gasteiger partial charge on any atom is 0.259 e. The van der Waals surface area contributed by atoms with Crippen molar-refractivity contribution in [2.24, 2.45) is 0 Å². The van der Waals surface area contributed by atoms with E-state index in [1.807, 2.05) is 13.8 Å². The van der Waals surface area contributed by atoms with Crippen LogP contribution in [0.1, 0.15) is 23.0 Å². The molecule has 0 bridgehead atoms. The van der Waals surface area contributed by atoms with Gasteiger partial charge >= 0.3 is 0 Å². The van der Waals surface area contributed by atoms with E-state index in [9.17, 15) is 13.6 Å². The van der Waals surface area contributed by atoms with E-state index in [0.717, 1.165) is 23.9 Å². The number of nitrogens with one attached hydrogen (secondary N) is 2. The lowest BCUT2D eigenvalue weighted by atomic mass is 10.2. The normalized spacial score (nSPS) is 10.3. The third kappa shape index (κ3) is 3.75. The number of nitrogens with zero attached hydrogens (tertiary/aromatic N) is 1. The molecule has 1 aromatic heterocycles. The van der Waals surface area contributed by atoms with E-state index in [0.29, 0.717) is 17.8 Å². The first-order chi connectivity index (χ1) is 9.99. The molecule has 1 heterocycles. The number of aryl methyl sites for hydroxylation is 1. The Morgan fingerprint density at radius 1 is 1.19 bits per heavy atom. The monoisotopic (exact) mass is 291 g/mol. The van der Waals surface area contributed by atoms with Crippen LogP contribution < -0.4 is 10.6 Å². The van der Waals surface area contributed by atoms with Crippen molar-refractivity contribution in [2.45, 2.75) is 13.8 Å². The van der Waals surface area contributed by atoms with Crippen LogP contribution >= 0.6 is 0 Å². The summed E-state index contributed by atoms with van der Waals surface area (Å²) in [5.74, 6) is -1.98. The van der Waals surface area contributed by atoms with Crippen LogP contribution in [0.3, 0.4) is 0 Å². The summed E-state index contributed by atoms with van der Waals surface area (Å²) in [4.78, 5) is 16.3. The molecule has 0 aliphatic rings. The molecule has 4 nitrogen and oxygen atoms in total. The standard InChI is InChI=1S/C15H15F2N3O/c1-3-18-14-4-9(2)19-8-13(14)15(21)20-12-6-10(16)5-11(17)7-12/h4-8H,3H2,1-2H3,(H,18,19)(H,20,21). The second-order valence-corrected chi connectivity index (χ2v) is 4.51. The first-order valence-corrected chi connectivity index (χ1v) is 6.47. The Labute approximate surface area is 121 Å². The summed E-state index contributed by atoms with van der Waals surface area (Å²) in [7, 11) is 0. The van der Waals surface area contributed by atoms with Crippen molar-refractivity contribution in [3.63, 3.8) is 0 Å². The smallest absolute Gasteiger partial charge is 0.259 e. The quantitative estimate of drug-likeness (QED) is 0.908. The Balaban J connectivity index is 2.27. The molecule has 0 unspecified atom stereocenters. The van der Waals surface area contributed by atoms with Crippen LogP contribution in [-0.2, 0) is 0 Å². The fraction of sp³-hybridized carbons (Fsp3) is 0.200. The number of hydrogen-bond acceptors (Lipinski definition) is 3. The van der Waals surface area contributed by atoms with Crippen LogP contribution in [0.25, 0.3) is 0 Å². The van der Waals surface area contributed by atoms with E-state index in [-0.39, 0.29) is 5.69 Å². The zero-order chi connectivity index (χ0) is 15.4. The highest BCUT2D eigenvalue weighted by atomic mass is 19.1. The molecule has 2 N–H and O–H groups in total. The van der Waals surface area contributed by atoms with E-state index < -0.39 is 17.5 Å². The molecule has 6 heteroatoms. The van der Waals surface area contributed by atoms with Gasteiger partial charge in [-0.25, -0.2) is 8.78 Å². The van der Waals surface area contributed by atoms with Gasteiger partial charge in [0, 0.05) is 30.2 Å². The molecule has 2 rings (SSSR count). The van der Waals surface area contributed by atoms with Crippen molar-refractivity contribution in [2.75, 3.05) is 17.2 Å². The minimum atomic E-state index is -0.751. The summed E-state index contributed by atoms with van der Waals surface area (Å²) in [6.07, 6.45) is 1.43. The predicted molar refractivity (Wildman–Crippen MR) is 77.4 cm³/mol. The fourth-order valence-corrected chi connectivity index (χ4v) is 1.90. The Kier molecular flexibility index (Phi) is 4.47. The molecule has 0 saturated heterocycles. The van der Waals surface area contributed by atoms with Gasteiger partial charge in [-0.3, -0.25) is 9.78 Å². The van der Waals surface area contributed by atoms with Crippen molar-refractivity contribution < 1.29 is 13.6 Å². The van der Waals surface area contributed by atoms with Crippen LogP contribution in [-0.4, -0.2) is 17.4 Å². The molecule has 0 saturated carbocycles. The first kappa shape index (κ1) is 14.9. The van der Waals surface area contributed by atoms with Crippen molar-refractivity contribution in [1.82, 2.24) is 4.98 Å². The summed E-state index contributed by atoms with van der Waals surface area (Å²) in [5.41, 5.74) is 1.76. The largest absolute Gasteiger partial charge is 0.385 e. The van der Waals surface area contributed by atoms with E-state index in [1.165, 1.54) is 6.20 Å². The average molecular weight is 291 g/mol. The van der Waals surface area contributed by atoms with Gasteiger partial charge < -0.3 is 10.6 Å². The van der Waals surface area contributed by atoms with Crippen LogP contribution in [0.2, 0.25) is 0 Å². The maximum absolute atomic E-state index is 13.1. The lowest BCUT2D eigenvalue weighted by molar-refractivity contribution is 0.102. The Morgan fingerprint density at radius 3 is 2.48 bits per heavy atom. The van der Waals surface area contributed by atoms with Crippen LogP contribution in [0.4, 0.5) is 20.2 Å². The zero-order valence-electron chi connectivity index (χ0n) is 11.7. The van der Waals surface area contributed by atoms with Crippen molar-refractivity contribution >= 4 is 17.3 Å². The lowest BCUT2D eigenvalue weighted by Gasteiger charge is -2.11. The molecule has 21 heavy (non-hydrogen) atoms. The summed E-state index contributed by atoms with van der Waals surface area (Å²) >= 11 is 0. The Morgan fingerprint density at radius 2 is 1.86 bits per heavy atom. The number of pyridine rings is 1. The number of amides is 1. The van der Waals surface area contributed by atoms with Gasteiger partial charge in [0.25, 0.3) is 5.91 Å². The highest BCUT2D eigenvalue weighted by Gasteiger charge is 2.13. The third-order valence-electron chi connectivity index (χ3n) is 2.77. The molecular weight excluding hydrogens is 276 g/mol. The minimum Gasteiger partial charge on any atom is -0.385 e. The van der Waals surface area contributed by atoms with Gasteiger partial charge in [-0.15, -0.1) is 0 Å². The van der Waals surface area contributed by atoms with Crippen molar-refractivity contribution in [1.29, 1.82) is 0 Å². The number of rotatable bonds is 4. The van der Waals surface area contributed by atoms with Crippen LogP contribution in [0.5, 0.6) is 0 Å². The molecule has 110 valence electrons. The van der Waals surface area contributed by atoms with Gasteiger partial charge in [-0.05, 0) is 32.0 Å². The van der Waals surface area contributed by atoms with Gasteiger partial charge in [0.05, 0.1) is 11.3 Å². The molecule has 0 fully saturated rings. The maximum atomic E-state index is 13.1. The predicted octanol–water partition coefficient (Wildman–Crippen LogP) is 3.35. The average Bonchev–Trinajstić information content (AvgIpc) is 2.37. The molecule has 2 aromatic rings. The molecule has 0 aliphatic carbocycles. The first-order valence-electron chi connectivity index (χ1n) is 6.47. The molecule has 0 aliphatic heterocycles. The Bertz CT molecular complexity index is 654. The second-order valence-electron chi connectivity index (χ2n) is 4.51. The fourth-order valence-electron chi connectivity index (χ4n) is 1.90. The lowest BCUT2D eigenvalue weighted by Crippen LogP contribution is -2.15. The molecule has 1 aromatic carbocycles. The molecular formula is C15H15F2N3O. The third-order valence-corrected chi connectivity index (χ3v) is 2.77. The summed E-state index contributed by atoms with van der Waals surface area (Å²) in [6, 6.07) is 4.59. The highest BCUT2D eigenvalue weighted by molar-refractivity contribution is 6.07. The molecule has 0 spiro atoms. The number of hydrogen-bond donors (Lipinski definition) is 2. The van der Waals surface area contributed by atoms with E-state index >= 15 is 0 Å². The SMILES string of the molecule is CCNc1cc(C)ncc1C(=O)Nc1cc(F)cc(F)c1. The van der Waals surface area contributed by atoms with Crippen molar-refractivity contribution in [3.8, 4) is 0 Å². The van der Waals surface area contributed by atoms with Gasteiger partial charge in [0.1, 0.15) is 11.6 Å². The molecule has 0 atom stereocenters. The number of halogens is 2. The summed E-state index contributed by atoms with van der Waals surface area (Å²) in [5, 5.41) is 5.52. The number of anilines is 2.